The van der Waals surface area contributed by atoms with Gasteiger partial charge in [0.05, 0.1) is 19.6 Å². The van der Waals surface area contributed by atoms with Gasteiger partial charge in [-0.2, -0.15) is 8.42 Å². The molecule has 7 heteroatoms. The molecule has 0 aliphatic carbocycles. The zero-order valence-corrected chi connectivity index (χ0v) is 11.6. The molecule has 0 atom stereocenters. The smallest absolute Gasteiger partial charge is 0.397 e. The molecular weight excluding hydrogens is 260 g/mol. The summed E-state index contributed by atoms with van der Waals surface area (Å²) in [6, 6.07) is 0. The third-order valence-corrected chi connectivity index (χ3v) is 2.76. The van der Waals surface area contributed by atoms with Crippen LogP contribution in [0, 0.1) is 0 Å². The molecule has 0 unspecified atom stereocenters. The lowest BCUT2D eigenvalue weighted by Gasteiger charge is -2.04. The van der Waals surface area contributed by atoms with Crippen molar-refractivity contribution in [3.05, 3.63) is 0 Å². The molecule has 1 N–H and O–H groups in total. The third kappa shape index (κ3) is 13.4. The summed E-state index contributed by atoms with van der Waals surface area (Å²) in [6.45, 7) is 2.10. The molecule has 0 heterocycles. The van der Waals surface area contributed by atoms with Gasteiger partial charge < -0.3 is 4.74 Å². The number of unbranched alkanes of at least 4 members (excludes halogenated alkanes) is 5. The van der Waals surface area contributed by atoms with Gasteiger partial charge in [-0.3, -0.25) is 9.35 Å². The van der Waals surface area contributed by atoms with Gasteiger partial charge in [-0.15, -0.1) is 0 Å². The minimum Gasteiger partial charge on any atom is -0.466 e. The molecule has 0 rings (SSSR count). The van der Waals surface area contributed by atoms with Gasteiger partial charge in [0.1, 0.15) is 0 Å². The fourth-order valence-electron chi connectivity index (χ4n) is 1.37. The monoisotopic (exact) mass is 282 g/mol. The minimum atomic E-state index is -4.47. The summed E-state index contributed by atoms with van der Waals surface area (Å²) in [5, 5.41) is 0. The minimum absolute atomic E-state index is 0.185. The number of ether oxygens (including phenoxy) is 1. The van der Waals surface area contributed by atoms with Crippen molar-refractivity contribution in [2.24, 2.45) is 0 Å². The van der Waals surface area contributed by atoms with Crippen molar-refractivity contribution in [1.29, 1.82) is 0 Å². The lowest BCUT2D eigenvalue weighted by molar-refractivity contribution is -0.144. The standard InChI is InChI=1S/C11H22O6S/c1-2-3-4-5-6-7-9-16-11(12)8-10-17-18(13,14)15/h2-10H2,1H3,(H,13,14,15). The van der Waals surface area contributed by atoms with E-state index >= 15 is 0 Å². The largest absolute Gasteiger partial charge is 0.466 e. The van der Waals surface area contributed by atoms with E-state index in [-0.39, 0.29) is 6.42 Å². The Morgan fingerprint density at radius 1 is 1.06 bits per heavy atom. The molecular formula is C11H22O6S. The molecule has 0 aliphatic rings. The van der Waals surface area contributed by atoms with E-state index in [1.807, 2.05) is 0 Å². The van der Waals surface area contributed by atoms with E-state index in [1.54, 1.807) is 0 Å². The van der Waals surface area contributed by atoms with Crippen molar-refractivity contribution in [2.75, 3.05) is 13.2 Å². The van der Waals surface area contributed by atoms with Gasteiger partial charge >= 0.3 is 16.4 Å². The maximum Gasteiger partial charge on any atom is 0.397 e. The number of rotatable bonds is 11. The lowest BCUT2D eigenvalue weighted by Crippen LogP contribution is -2.12. The predicted molar refractivity (Wildman–Crippen MR) is 66.5 cm³/mol. The van der Waals surface area contributed by atoms with Crippen LogP contribution in [0.4, 0.5) is 0 Å². The van der Waals surface area contributed by atoms with Crippen LogP contribution in [0.5, 0.6) is 0 Å². The van der Waals surface area contributed by atoms with Gasteiger partial charge in [0.2, 0.25) is 0 Å². The highest BCUT2D eigenvalue weighted by Crippen LogP contribution is 2.05. The average Bonchev–Trinajstić information content (AvgIpc) is 2.26. The topological polar surface area (TPSA) is 89.9 Å². The molecule has 0 bridgehead atoms. The maximum atomic E-state index is 11.1. The van der Waals surface area contributed by atoms with Gasteiger partial charge in [0.25, 0.3) is 0 Å². The van der Waals surface area contributed by atoms with Gasteiger partial charge in [-0.1, -0.05) is 39.0 Å². The first-order chi connectivity index (χ1) is 8.45. The van der Waals surface area contributed by atoms with Crippen molar-refractivity contribution in [1.82, 2.24) is 0 Å². The van der Waals surface area contributed by atoms with Crippen molar-refractivity contribution in [3.63, 3.8) is 0 Å². The first kappa shape index (κ1) is 17.3. The number of hydrogen-bond acceptors (Lipinski definition) is 5. The molecule has 0 aromatic heterocycles. The second kappa shape index (κ2) is 10.3. The summed E-state index contributed by atoms with van der Waals surface area (Å²) in [4.78, 5) is 11.1. The Balaban J connectivity index is 3.32. The number of esters is 1. The molecule has 0 saturated carbocycles. The molecule has 0 aliphatic heterocycles. The zero-order chi connectivity index (χ0) is 13.9. The SMILES string of the molecule is CCCCCCCCOC(=O)CCOS(=O)(=O)O. The van der Waals surface area contributed by atoms with Crippen LogP contribution < -0.4 is 0 Å². The second-order valence-corrected chi connectivity index (χ2v) is 5.08. The number of carbonyl (C=O) groups is 1. The highest BCUT2D eigenvalue weighted by Gasteiger charge is 2.08. The fourth-order valence-corrected chi connectivity index (χ4v) is 1.66. The summed E-state index contributed by atoms with van der Waals surface area (Å²) >= 11 is 0. The van der Waals surface area contributed by atoms with Crippen molar-refractivity contribution in [3.8, 4) is 0 Å². The van der Waals surface area contributed by atoms with Crippen LogP contribution in [0.1, 0.15) is 51.9 Å². The molecule has 6 nitrogen and oxygen atoms in total. The molecule has 18 heavy (non-hydrogen) atoms. The molecule has 108 valence electrons. The molecule has 0 radical (unpaired) electrons. The summed E-state index contributed by atoms with van der Waals surface area (Å²) in [7, 11) is -4.47. The van der Waals surface area contributed by atoms with Crippen molar-refractivity contribution >= 4 is 16.4 Å². The normalized spacial score (nSPS) is 11.4. The lowest BCUT2D eigenvalue weighted by atomic mass is 10.1. The van der Waals surface area contributed by atoms with Gasteiger partial charge in [-0.25, -0.2) is 4.18 Å². The molecule has 0 spiro atoms. The third-order valence-electron chi connectivity index (χ3n) is 2.30. The van der Waals surface area contributed by atoms with Crippen LogP contribution in [0.25, 0.3) is 0 Å². The Hall–Kier alpha value is -0.660. The van der Waals surface area contributed by atoms with Crippen molar-refractivity contribution in [2.45, 2.75) is 51.9 Å². The van der Waals surface area contributed by atoms with Crippen LogP contribution in [-0.4, -0.2) is 32.2 Å². The quantitative estimate of drug-likeness (QED) is 0.354. The first-order valence-electron chi connectivity index (χ1n) is 6.23. The summed E-state index contributed by atoms with van der Waals surface area (Å²) in [6.07, 6.45) is 6.42. The van der Waals surface area contributed by atoms with Crippen LogP contribution >= 0.6 is 0 Å². The van der Waals surface area contributed by atoms with Crippen LogP contribution in [0.3, 0.4) is 0 Å². The van der Waals surface area contributed by atoms with E-state index in [1.165, 1.54) is 19.3 Å². The zero-order valence-electron chi connectivity index (χ0n) is 10.8. The number of hydrogen-bond donors (Lipinski definition) is 1. The summed E-state index contributed by atoms with van der Waals surface area (Å²) in [5.74, 6) is -0.521. The number of carbonyl (C=O) groups excluding carboxylic acids is 1. The fraction of sp³-hybridized carbons (Fsp3) is 0.909. The van der Waals surface area contributed by atoms with Crippen LogP contribution in [-0.2, 0) is 24.1 Å². The highest BCUT2D eigenvalue weighted by molar-refractivity contribution is 7.80. The van der Waals surface area contributed by atoms with E-state index in [0.717, 1.165) is 19.3 Å². The Labute approximate surface area is 109 Å². The average molecular weight is 282 g/mol. The van der Waals surface area contributed by atoms with Gasteiger partial charge in [0.15, 0.2) is 0 Å². The molecule has 0 aromatic rings. The van der Waals surface area contributed by atoms with Gasteiger partial charge in [-0.05, 0) is 6.42 Å². The second-order valence-electron chi connectivity index (χ2n) is 3.99. The van der Waals surface area contributed by atoms with Crippen LogP contribution in [0.15, 0.2) is 0 Å². The van der Waals surface area contributed by atoms with E-state index in [4.69, 9.17) is 9.29 Å². The first-order valence-corrected chi connectivity index (χ1v) is 7.59. The highest BCUT2D eigenvalue weighted by atomic mass is 32.3. The van der Waals surface area contributed by atoms with E-state index < -0.39 is 23.0 Å². The molecule has 0 amide bonds. The predicted octanol–water partition coefficient (Wildman–Crippen LogP) is 2.10. The molecule has 0 aromatic carbocycles. The maximum absolute atomic E-state index is 11.1. The summed E-state index contributed by atoms with van der Waals surface area (Å²) in [5.41, 5.74) is 0. The Bertz CT molecular complexity index is 311. The molecule has 0 fully saturated rings. The Kier molecular flexibility index (Phi) is 9.90. The Morgan fingerprint density at radius 2 is 1.67 bits per heavy atom. The van der Waals surface area contributed by atoms with Crippen LogP contribution in [0.2, 0.25) is 0 Å². The van der Waals surface area contributed by atoms with E-state index in [2.05, 4.69) is 11.1 Å². The van der Waals surface area contributed by atoms with Gasteiger partial charge in [0, 0.05) is 0 Å². The molecule has 0 saturated heterocycles. The van der Waals surface area contributed by atoms with Crippen molar-refractivity contribution < 1.29 is 26.7 Å². The van der Waals surface area contributed by atoms with E-state index in [9.17, 15) is 13.2 Å². The van der Waals surface area contributed by atoms with E-state index in [0.29, 0.717) is 6.61 Å². The summed E-state index contributed by atoms with van der Waals surface area (Å²) < 4.78 is 37.5. The Morgan fingerprint density at radius 3 is 2.28 bits per heavy atom.